The Labute approximate surface area is 116 Å². The molecule has 1 aromatic carbocycles. The number of benzene rings is 1. The molecule has 2 aromatic rings. The average molecular weight is 273 g/mol. The van der Waals surface area contributed by atoms with Gasteiger partial charge in [-0.25, -0.2) is 9.78 Å². The highest BCUT2D eigenvalue weighted by Crippen LogP contribution is 2.36. The van der Waals surface area contributed by atoms with Crippen LogP contribution >= 0.6 is 11.3 Å². The number of nitrogens with zero attached hydrogens (tertiary/aromatic N) is 1. The molecule has 98 valence electrons. The van der Waals surface area contributed by atoms with Crippen molar-refractivity contribution in [1.29, 1.82) is 0 Å². The Morgan fingerprint density at radius 2 is 1.95 bits per heavy atom. The lowest BCUT2D eigenvalue weighted by atomic mass is 10.1. The Balaban J connectivity index is 1.88. The summed E-state index contributed by atoms with van der Waals surface area (Å²) in [6, 6.07) is 8.51. The van der Waals surface area contributed by atoms with E-state index in [1.165, 1.54) is 29.6 Å². The molecule has 0 N–H and O–H groups in total. The van der Waals surface area contributed by atoms with Crippen LogP contribution in [-0.2, 0) is 17.6 Å². The molecule has 3 nitrogen and oxygen atoms in total. The maximum absolute atomic E-state index is 11.6. The molecule has 0 spiro atoms. The van der Waals surface area contributed by atoms with Gasteiger partial charge in [-0.15, -0.1) is 11.3 Å². The monoisotopic (exact) mass is 273 g/mol. The van der Waals surface area contributed by atoms with Crippen LogP contribution in [-0.4, -0.2) is 18.1 Å². The van der Waals surface area contributed by atoms with Crippen LogP contribution in [0.15, 0.2) is 24.3 Å². The van der Waals surface area contributed by atoms with Gasteiger partial charge in [-0.2, -0.15) is 0 Å². The zero-order chi connectivity index (χ0) is 13.4. The fourth-order valence-electron chi connectivity index (χ4n) is 2.61. The molecule has 1 aliphatic carbocycles. The number of methoxy groups -OCH3 is 1. The first-order valence-corrected chi connectivity index (χ1v) is 7.13. The van der Waals surface area contributed by atoms with Crippen LogP contribution < -0.4 is 0 Å². The van der Waals surface area contributed by atoms with Crippen LogP contribution in [0.2, 0.25) is 0 Å². The van der Waals surface area contributed by atoms with Crippen molar-refractivity contribution in [3.05, 3.63) is 51.0 Å². The van der Waals surface area contributed by atoms with E-state index in [2.05, 4.69) is 29.2 Å². The van der Waals surface area contributed by atoms with E-state index < -0.39 is 0 Å². The first-order chi connectivity index (χ1) is 9.19. The minimum atomic E-state index is -0.281. The zero-order valence-corrected chi connectivity index (χ0v) is 11.8. The second-order valence-electron chi connectivity index (χ2n) is 4.83. The Bertz CT molecular complexity index is 608. The van der Waals surface area contributed by atoms with Crippen LogP contribution in [0.4, 0.5) is 0 Å². The summed E-state index contributed by atoms with van der Waals surface area (Å²) in [5.74, 6) is 0.122. The summed E-state index contributed by atoms with van der Waals surface area (Å²) < 4.78 is 4.79. The molecule has 1 heterocycles. The third-order valence-electron chi connectivity index (χ3n) is 3.58. The third kappa shape index (κ3) is 2.16. The predicted molar refractivity (Wildman–Crippen MR) is 74.8 cm³/mol. The highest BCUT2D eigenvalue weighted by molar-refractivity contribution is 7.13. The van der Waals surface area contributed by atoms with Crippen LogP contribution in [0.5, 0.6) is 0 Å². The molecular formula is C15H15NO2S. The molecule has 4 heteroatoms. The van der Waals surface area contributed by atoms with Gasteiger partial charge in [0, 0.05) is 5.92 Å². The number of fused-ring (bicyclic) bond motifs is 1. The van der Waals surface area contributed by atoms with Crippen LogP contribution in [0.1, 0.15) is 37.4 Å². The smallest absolute Gasteiger partial charge is 0.349 e. The molecule has 1 aliphatic rings. The molecular weight excluding hydrogens is 258 g/mol. The molecule has 0 amide bonds. The molecule has 0 atom stereocenters. The van der Waals surface area contributed by atoms with Crippen molar-refractivity contribution < 1.29 is 9.53 Å². The number of hydrogen-bond donors (Lipinski definition) is 0. The van der Waals surface area contributed by atoms with Gasteiger partial charge in [-0.05, 0) is 30.9 Å². The van der Waals surface area contributed by atoms with Gasteiger partial charge in [0.15, 0.2) is 0 Å². The van der Waals surface area contributed by atoms with E-state index in [0.717, 1.165) is 23.5 Å². The van der Waals surface area contributed by atoms with Crippen LogP contribution in [0, 0.1) is 6.92 Å². The Morgan fingerprint density at radius 1 is 1.32 bits per heavy atom. The van der Waals surface area contributed by atoms with Crippen LogP contribution in [0.3, 0.4) is 0 Å². The normalized spacial score (nSPS) is 14.4. The molecule has 0 saturated heterocycles. The number of aryl methyl sites for hydroxylation is 1. The number of rotatable bonds is 2. The zero-order valence-electron chi connectivity index (χ0n) is 11.0. The second-order valence-corrected chi connectivity index (χ2v) is 5.86. The van der Waals surface area contributed by atoms with Crippen molar-refractivity contribution in [2.75, 3.05) is 7.11 Å². The van der Waals surface area contributed by atoms with Crippen molar-refractivity contribution in [3.63, 3.8) is 0 Å². The number of thiazole rings is 1. The Hall–Kier alpha value is -1.68. The van der Waals surface area contributed by atoms with E-state index in [9.17, 15) is 4.79 Å². The van der Waals surface area contributed by atoms with E-state index in [1.54, 1.807) is 0 Å². The standard InChI is InChI=1S/C15H15NO2S/c1-9-13(15(17)18-2)19-14(16-9)12-7-10-5-3-4-6-11(10)8-12/h3-6,12H,7-8H2,1-2H3. The maximum Gasteiger partial charge on any atom is 0.349 e. The molecule has 0 unspecified atom stereocenters. The van der Waals surface area contributed by atoms with E-state index in [-0.39, 0.29) is 5.97 Å². The number of esters is 1. The first kappa shape index (κ1) is 12.4. The van der Waals surface area contributed by atoms with Gasteiger partial charge in [0.1, 0.15) is 4.88 Å². The van der Waals surface area contributed by atoms with Gasteiger partial charge < -0.3 is 4.74 Å². The molecule has 0 radical (unpaired) electrons. The highest BCUT2D eigenvalue weighted by Gasteiger charge is 2.27. The lowest BCUT2D eigenvalue weighted by molar-refractivity contribution is 0.0605. The van der Waals surface area contributed by atoms with Crippen LogP contribution in [0.25, 0.3) is 0 Å². The number of aromatic nitrogens is 1. The fourth-order valence-corrected chi connectivity index (χ4v) is 3.69. The van der Waals surface area contributed by atoms with Crippen molar-refractivity contribution in [1.82, 2.24) is 4.98 Å². The van der Waals surface area contributed by atoms with Crippen molar-refractivity contribution >= 4 is 17.3 Å². The van der Waals surface area contributed by atoms with E-state index in [0.29, 0.717) is 10.8 Å². The lowest BCUT2D eigenvalue weighted by Crippen LogP contribution is -1.99. The van der Waals surface area contributed by atoms with E-state index >= 15 is 0 Å². The summed E-state index contributed by atoms with van der Waals surface area (Å²) in [6.07, 6.45) is 2.04. The first-order valence-electron chi connectivity index (χ1n) is 6.31. The number of hydrogen-bond acceptors (Lipinski definition) is 4. The SMILES string of the molecule is COC(=O)c1sc(C2Cc3ccccc3C2)nc1C. The molecule has 0 saturated carbocycles. The minimum Gasteiger partial charge on any atom is -0.465 e. The van der Waals surface area contributed by atoms with Gasteiger partial charge in [0.2, 0.25) is 0 Å². The van der Waals surface area contributed by atoms with Gasteiger partial charge in [0.05, 0.1) is 17.8 Å². The Morgan fingerprint density at radius 3 is 2.53 bits per heavy atom. The highest BCUT2D eigenvalue weighted by atomic mass is 32.1. The quantitative estimate of drug-likeness (QED) is 0.789. The summed E-state index contributed by atoms with van der Waals surface area (Å²) in [6.45, 7) is 1.87. The molecule has 1 aromatic heterocycles. The largest absolute Gasteiger partial charge is 0.465 e. The summed E-state index contributed by atoms with van der Waals surface area (Å²) in [5, 5.41) is 1.05. The van der Waals surface area contributed by atoms with Crippen molar-refractivity contribution in [2.45, 2.75) is 25.7 Å². The third-order valence-corrected chi connectivity index (χ3v) is 4.88. The summed E-state index contributed by atoms with van der Waals surface area (Å²) in [4.78, 5) is 16.8. The van der Waals surface area contributed by atoms with Gasteiger partial charge in [-0.3, -0.25) is 0 Å². The average Bonchev–Trinajstić information content (AvgIpc) is 3.00. The lowest BCUT2D eigenvalue weighted by Gasteiger charge is -2.03. The van der Waals surface area contributed by atoms with Crippen molar-refractivity contribution in [3.8, 4) is 0 Å². The molecule has 0 bridgehead atoms. The Kier molecular flexibility index (Phi) is 3.11. The van der Waals surface area contributed by atoms with E-state index in [1.807, 2.05) is 6.92 Å². The number of carbonyl (C=O) groups excluding carboxylic acids is 1. The van der Waals surface area contributed by atoms with Gasteiger partial charge in [-0.1, -0.05) is 24.3 Å². The predicted octanol–water partition coefficient (Wildman–Crippen LogP) is 3.12. The topological polar surface area (TPSA) is 39.2 Å². The summed E-state index contributed by atoms with van der Waals surface area (Å²) in [7, 11) is 1.41. The fraction of sp³-hybridized carbons (Fsp3) is 0.333. The van der Waals surface area contributed by atoms with E-state index in [4.69, 9.17) is 4.74 Å². The number of carbonyl (C=O) groups is 1. The molecule has 0 fully saturated rings. The molecule has 19 heavy (non-hydrogen) atoms. The number of ether oxygens (including phenoxy) is 1. The molecule has 0 aliphatic heterocycles. The van der Waals surface area contributed by atoms with Gasteiger partial charge >= 0.3 is 5.97 Å². The second kappa shape index (κ2) is 4.78. The summed E-state index contributed by atoms with van der Waals surface area (Å²) >= 11 is 1.47. The maximum atomic E-state index is 11.6. The minimum absolute atomic E-state index is 0.281. The summed E-state index contributed by atoms with van der Waals surface area (Å²) in [5.41, 5.74) is 3.59. The van der Waals surface area contributed by atoms with Crippen molar-refractivity contribution in [2.24, 2.45) is 0 Å². The van der Waals surface area contributed by atoms with Gasteiger partial charge in [0.25, 0.3) is 0 Å². The molecule has 3 rings (SSSR count).